The molecule has 2 unspecified atom stereocenters. The lowest BCUT2D eigenvalue weighted by atomic mass is 9.82. The Hall–Kier alpha value is -1.80. The van der Waals surface area contributed by atoms with Gasteiger partial charge in [0, 0.05) is 39.3 Å². The Morgan fingerprint density at radius 2 is 0.973 bits per heavy atom. The predicted octanol–water partition coefficient (Wildman–Crippen LogP) is 4.62. The summed E-state index contributed by atoms with van der Waals surface area (Å²) in [6.45, 7) is 5.75. The molecule has 2 bridgehead atoms. The topological polar surface area (TPSA) is 65.4 Å². The Morgan fingerprint density at radius 1 is 0.595 bits per heavy atom. The number of aliphatic hydroxyl groups is 2. The summed E-state index contributed by atoms with van der Waals surface area (Å²) in [6, 6.07) is 17.9. The maximum absolute atomic E-state index is 9.77. The van der Waals surface area contributed by atoms with E-state index in [1.54, 1.807) is 0 Å². The summed E-state index contributed by atoms with van der Waals surface area (Å²) in [5, 5.41) is 19.5. The van der Waals surface area contributed by atoms with Crippen LogP contribution in [0.3, 0.4) is 0 Å². The molecule has 0 amide bonds. The summed E-state index contributed by atoms with van der Waals surface area (Å²) in [6.07, 6.45) is 8.22. The first-order valence-corrected chi connectivity index (χ1v) is 14.4. The van der Waals surface area contributed by atoms with Crippen molar-refractivity contribution in [2.45, 2.75) is 94.3 Å². The lowest BCUT2D eigenvalue weighted by molar-refractivity contribution is -0.444. The van der Waals surface area contributed by atoms with E-state index >= 15 is 0 Å². The van der Waals surface area contributed by atoms with Gasteiger partial charge >= 0.3 is 0 Å². The van der Waals surface area contributed by atoms with E-state index < -0.39 is 0 Å². The van der Waals surface area contributed by atoms with E-state index in [1.807, 2.05) is 0 Å². The summed E-state index contributed by atoms with van der Waals surface area (Å²) in [4.78, 5) is 17.5. The normalized spacial score (nSPS) is 30.4. The summed E-state index contributed by atoms with van der Waals surface area (Å²) >= 11 is 0. The van der Waals surface area contributed by atoms with E-state index in [-0.39, 0.29) is 23.4 Å². The Morgan fingerprint density at radius 3 is 1.32 bits per heavy atom. The molecule has 7 rings (SSSR count). The minimum Gasteiger partial charge on any atom is -0.393 e. The zero-order valence-corrected chi connectivity index (χ0v) is 22.0. The molecule has 2 aromatic rings. The van der Waals surface area contributed by atoms with Crippen molar-refractivity contribution in [2.75, 3.05) is 26.2 Å². The molecule has 1 saturated carbocycles. The molecule has 0 aromatic heterocycles. The number of nitrogens with zero attached hydrogens (tertiary/aromatic N) is 2. The minimum absolute atomic E-state index is 0.128. The third-order valence-corrected chi connectivity index (χ3v) is 9.34. The van der Waals surface area contributed by atoms with Crippen LogP contribution in [0, 0.1) is 0 Å². The fourth-order valence-electron chi connectivity index (χ4n) is 6.81. The second kappa shape index (κ2) is 10.8. The van der Waals surface area contributed by atoms with Crippen LogP contribution in [0.4, 0.5) is 0 Å². The fraction of sp³-hybridized carbons (Fsp3) is 0.613. The van der Waals surface area contributed by atoms with Crippen molar-refractivity contribution >= 4 is 0 Å². The van der Waals surface area contributed by atoms with Crippen molar-refractivity contribution in [1.82, 2.24) is 9.80 Å². The molecule has 37 heavy (non-hydrogen) atoms. The Kier molecular flexibility index (Phi) is 7.41. The average Bonchev–Trinajstić information content (AvgIpc) is 3.25. The molecule has 4 aliphatic heterocycles. The Bertz CT molecular complexity index is 933. The summed E-state index contributed by atoms with van der Waals surface area (Å²) in [7, 11) is 0. The van der Waals surface area contributed by atoms with E-state index in [2.05, 4.69) is 58.3 Å². The zero-order valence-electron chi connectivity index (χ0n) is 22.0. The first-order chi connectivity index (χ1) is 18.0. The number of piperidine rings is 2. The summed E-state index contributed by atoms with van der Waals surface area (Å²) < 4.78 is 0. The van der Waals surface area contributed by atoms with Crippen molar-refractivity contribution in [3.8, 4) is 0 Å². The molecular weight excluding hydrogens is 464 g/mol. The number of hydrogen-bond acceptors (Lipinski definition) is 6. The molecule has 2 atom stereocenters. The molecule has 0 radical (unpaired) electrons. The number of likely N-dealkylation sites (tertiary alicyclic amines) is 2. The molecule has 5 aliphatic rings. The standard InChI is InChI=1S/C31H42N2O4/c34-28-10-18-32(19-11-28)22-24-2-6-26(7-3-24)30-14-1-15-31(17-16-30,37-36-30)27-8-4-25(5-9-27)23-33-20-12-29(35)13-21-33/h2-9,28-29,34-35H,1,10-23H2. The maximum atomic E-state index is 9.77. The van der Waals surface area contributed by atoms with Gasteiger partial charge in [0.25, 0.3) is 0 Å². The van der Waals surface area contributed by atoms with Gasteiger partial charge in [0.1, 0.15) is 11.2 Å². The molecule has 0 spiro atoms. The molecular formula is C31H42N2O4. The lowest BCUT2D eigenvalue weighted by Crippen LogP contribution is -2.40. The molecule has 1 aliphatic carbocycles. The quantitative estimate of drug-likeness (QED) is 0.558. The maximum Gasteiger partial charge on any atom is 0.129 e. The molecule has 4 saturated heterocycles. The van der Waals surface area contributed by atoms with Crippen molar-refractivity contribution in [1.29, 1.82) is 0 Å². The molecule has 2 aromatic carbocycles. The second-order valence-electron chi connectivity index (χ2n) is 11.9. The van der Waals surface area contributed by atoms with Crippen LogP contribution >= 0.6 is 0 Å². The molecule has 6 nitrogen and oxygen atoms in total. The van der Waals surface area contributed by atoms with Crippen LogP contribution in [0.1, 0.15) is 80.0 Å². The van der Waals surface area contributed by atoms with Gasteiger partial charge in [0.2, 0.25) is 0 Å². The number of rotatable bonds is 6. The highest BCUT2D eigenvalue weighted by Crippen LogP contribution is 2.53. The van der Waals surface area contributed by atoms with Crippen molar-refractivity contribution < 1.29 is 20.0 Å². The van der Waals surface area contributed by atoms with Crippen LogP contribution in [0.25, 0.3) is 0 Å². The average molecular weight is 507 g/mol. The van der Waals surface area contributed by atoms with E-state index in [4.69, 9.17) is 9.78 Å². The largest absolute Gasteiger partial charge is 0.393 e. The highest BCUT2D eigenvalue weighted by atomic mass is 17.2. The zero-order chi connectivity index (χ0) is 25.3. The fourth-order valence-corrected chi connectivity index (χ4v) is 6.81. The Labute approximate surface area is 221 Å². The summed E-state index contributed by atoms with van der Waals surface area (Å²) in [5.41, 5.74) is 4.37. The molecule has 4 heterocycles. The van der Waals surface area contributed by atoms with Gasteiger partial charge < -0.3 is 10.2 Å². The van der Waals surface area contributed by atoms with E-state index in [9.17, 15) is 10.2 Å². The van der Waals surface area contributed by atoms with Gasteiger partial charge in [-0.05, 0) is 80.0 Å². The monoisotopic (exact) mass is 506 g/mol. The van der Waals surface area contributed by atoms with Crippen LogP contribution in [0.5, 0.6) is 0 Å². The number of benzene rings is 2. The van der Waals surface area contributed by atoms with Crippen molar-refractivity contribution in [3.05, 3.63) is 70.8 Å². The number of fused-ring (bicyclic) bond motifs is 4. The number of aliphatic hydroxyl groups excluding tert-OH is 2. The second-order valence-corrected chi connectivity index (χ2v) is 11.9. The smallest absolute Gasteiger partial charge is 0.129 e. The van der Waals surface area contributed by atoms with Crippen molar-refractivity contribution in [3.63, 3.8) is 0 Å². The van der Waals surface area contributed by atoms with Gasteiger partial charge in [-0.15, -0.1) is 0 Å². The SMILES string of the molecule is OC1CCN(Cc2ccc(C34CCCC(c5ccc(CN6CCC(O)CC6)cc5)(CC3)OO4)cc2)CC1. The lowest BCUT2D eigenvalue weighted by Gasteiger charge is -2.42. The van der Waals surface area contributed by atoms with Gasteiger partial charge in [-0.1, -0.05) is 48.5 Å². The van der Waals surface area contributed by atoms with Gasteiger partial charge in [0.05, 0.1) is 12.2 Å². The van der Waals surface area contributed by atoms with Crippen LogP contribution in [-0.2, 0) is 34.1 Å². The number of hydrogen-bond donors (Lipinski definition) is 2. The van der Waals surface area contributed by atoms with Crippen LogP contribution in [-0.4, -0.2) is 58.4 Å². The first kappa shape index (κ1) is 25.5. The predicted molar refractivity (Wildman–Crippen MR) is 143 cm³/mol. The molecule has 5 fully saturated rings. The highest BCUT2D eigenvalue weighted by molar-refractivity contribution is 5.31. The molecule has 2 N–H and O–H groups in total. The van der Waals surface area contributed by atoms with Crippen LogP contribution in [0.2, 0.25) is 0 Å². The van der Waals surface area contributed by atoms with Gasteiger partial charge in [0.15, 0.2) is 0 Å². The van der Waals surface area contributed by atoms with Gasteiger partial charge in [-0.2, -0.15) is 0 Å². The third-order valence-electron chi connectivity index (χ3n) is 9.34. The van der Waals surface area contributed by atoms with Gasteiger partial charge in [-0.25, -0.2) is 9.78 Å². The first-order valence-electron chi connectivity index (χ1n) is 14.4. The third kappa shape index (κ3) is 5.51. The highest BCUT2D eigenvalue weighted by Gasteiger charge is 2.50. The summed E-state index contributed by atoms with van der Waals surface area (Å²) in [5.74, 6) is 0. The molecule has 6 heteroatoms. The van der Waals surface area contributed by atoms with Crippen LogP contribution in [0.15, 0.2) is 48.5 Å². The van der Waals surface area contributed by atoms with Crippen LogP contribution < -0.4 is 0 Å². The van der Waals surface area contributed by atoms with E-state index in [0.717, 1.165) is 97.1 Å². The Balaban J connectivity index is 1.09. The minimum atomic E-state index is -0.355. The van der Waals surface area contributed by atoms with E-state index in [0.29, 0.717) is 0 Å². The van der Waals surface area contributed by atoms with E-state index in [1.165, 1.54) is 22.3 Å². The molecule has 200 valence electrons. The van der Waals surface area contributed by atoms with Crippen molar-refractivity contribution in [2.24, 2.45) is 0 Å². The van der Waals surface area contributed by atoms with Gasteiger partial charge in [-0.3, -0.25) is 9.80 Å².